The van der Waals surface area contributed by atoms with Crippen molar-refractivity contribution in [1.29, 1.82) is 0 Å². The lowest BCUT2D eigenvalue weighted by Gasteiger charge is -1.98. The summed E-state index contributed by atoms with van der Waals surface area (Å²) in [6, 6.07) is 0. The normalized spacial score (nSPS) is 8.92. The maximum absolute atomic E-state index is 11.0. The lowest BCUT2D eigenvalue weighted by atomic mass is 10.2. The van der Waals surface area contributed by atoms with Gasteiger partial charge in [0.2, 0.25) is 0 Å². The van der Waals surface area contributed by atoms with Crippen molar-refractivity contribution in [2.45, 2.75) is 27.2 Å². The molecule has 68 valence electrons. The van der Waals surface area contributed by atoms with Crippen LogP contribution in [0.25, 0.3) is 0 Å². The molecule has 0 aliphatic carbocycles. The molecule has 0 heterocycles. The fraction of sp³-hybridized carbons (Fsp3) is 0.556. The van der Waals surface area contributed by atoms with E-state index in [9.17, 15) is 9.59 Å². The maximum atomic E-state index is 11.0. The summed E-state index contributed by atoms with van der Waals surface area (Å²) < 4.78 is 4.61. The quantitative estimate of drug-likeness (QED) is 0.474. The summed E-state index contributed by atoms with van der Waals surface area (Å²) in [5.74, 6) is -0.351. The third kappa shape index (κ3) is 6.99. The summed E-state index contributed by atoms with van der Waals surface area (Å²) in [7, 11) is 0. The topological polar surface area (TPSA) is 43.4 Å². The summed E-state index contributed by atoms with van der Waals surface area (Å²) in [6.45, 7) is 5.21. The van der Waals surface area contributed by atoms with Crippen LogP contribution in [-0.2, 0) is 14.3 Å². The number of carbonyl (C=O) groups excluding carboxylic acids is 2. The van der Waals surface area contributed by atoms with E-state index in [2.05, 4.69) is 4.74 Å². The van der Waals surface area contributed by atoms with Gasteiger partial charge < -0.3 is 4.74 Å². The first-order valence-corrected chi connectivity index (χ1v) is 3.83. The molecule has 0 saturated heterocycles. The number of rotatable bonds is 4. The van der Waals surface area contributed by atoms with Crippen LogP contribution < -0.4 is 0 Å². The monoisotopic (exact) mass is 170 g/mol. The third-order valence-corrected chi connectivity index (χ3v) is 1.10. The Kier molecular flexibility index (Phi) is 5.00. The summed E-state index contributed by atoms with van der Waals surface area (Å²) in [4.78, 5) is 21.3. The molecule has 3 nitrogen and oxygen atoms in total. The molecule has 0 unspecified atom stereocenters. The highest BCUT2D eigenvalue weighted by Gasteiger charge is 1.98. The van der Waals surface area contributed by atoms with Gasteiger partial charge in [0.15, 0.2) is 5.78 Å². The molecule has 0 aromatic heterocycles. The Labute approximate surface area is 72.4 Å². The Bertz CT molecular complexity index is 200. The zero-order chi connectivity index (χ0) is 9.56. The molecular formula is C9H14O3. The van der Waals surface area contributed by atoms with E-state index in [0.29, 0.717) is 0 Å². The van der Waals surface area contributed by atoms with Gasteiger partial charge in [-0.3, -0.25) is 9.59 Å². The van der Waals surface area contributed by atoms with Crippen molar-refractivity contribution in [3.63, 3.8) is 0 Å². The van der Waals surface area contributed by atoms with Crippen LogP contribution in [0, 0.1) is 0 Å². The van der Waals surface area contributed by atoms with Gasteiger partial charge in [-0.15, -0.1) is 0 Å². The molecule has 0 aliphatic rings. The highest BCUT2D eigenvalue weighted by atomic mass is 16.5. The Morgan fingerprint density at radius 2 is 1.83 bits per heavy atom. The van der Waals surface area contributed by atoms with E-state index < -0.39 is 0 Å². The smallest absolute Gasteiger partial charge is 0.302 e. The molecule has 0 atom stereocenters. The highest BCUT2D eigenvalue weighted by Crippen LogP contribution is 1.93. The van der Waals surface area contributed by atoms with E-state index in [1.807, 2.05) is 13.8 Å². The van der Waals surface area contributed by atoms with Crippen molar-refractivity contribution in [1.82, 2.24) is 0 Å². The average Bonchev–Trinajstić information content (AvgIpc) is 1.84. The lowest BCUT2D eigenvalue weighted by molar-refractivity contribution is -0.141. The summed E-state index contributed by atoms with van der Waals surface area (Å²) in [6.07, 6.45) is 1.81. The van der Waals surface area contributed by atoms with Gasteiger partial charge in [-0.05, 0) is 19.9 Å². The summed E-state index contributed by atoms with van der Waals surface area (Å²) >= 11 is 0. The second-order valence-corrected chi connectivity index (χ2v) is 2.78. The fourth-order valence-corrected chi connectivity index (χ4v) is 0.689. The number of esters is 1. The molecule has 0 aromatic carbocycles. The number of ketones is 1. The first-order valence-electron chi connectivity index (χ1n) is 3.83. The second-order valence-electron chi connectivity index (χ2n) is 2.78. The van der Waals surface area contributed by atoms with E-state index in [1.165, 1.54) is 6.92 Å². The van der Waals surface area contributed by atoms with Crippen LogP contribution in [0.1, 0.15) is 27.2 Å². The highest BCUT2D eigenvalue weighted by molar-refractivity contribution is 5.90. The standard InChI is InChI=1S/C9H14O3/c1-7(2)6-9(11)4-5-12-8(3)10/h6H,4-5H2,1-3H3. The molecule has 0 saturated carbocycles. The molecule has 0 bridgehead atoms. The van der Waals surface area contributed by atoms with Crippen LogP contribution in [0.4, 0.5) is 0 Å². The van der Waals surface area contributed by atoms with Crippen molar-refractivity contribution in [2.75, 3.05) is 6.61 Å². The molecule has 12 heavy (non-hydrogen) atoms. The van der Waals surface area contributed by atoms with Crippen molar-refractivity contribution in [3.8, 4) is 0 Å². The maximum Gasteiger partial charge on any atom is 0.302 e. The first-order chi connectivity index (χ1) is 5.52. The molecule has 0 amide bonds. The average molecular weight is 170 g/mol. The van der Waals surface area contributed by atoms with Crippen molar-refractivity contribution in [3.05, 3.63) is 11.6 Å². The molecule has 0 fully saturated rings. The molecular weight excluding hydrogens is 156 g/mol. The molecule has 0 rings (SSSR count). The molecule has 0 aromatic rings. The number of allylic oxidation sites excluding steroid dienone is 2. The Morgan fingerprint density at radius 1 is 1.25 bits per heavy atom. The van der Waals surface area contributed by atoms with Gasteiger partial charge in [-0.25, -0.2) is 0 Å². The van der Waals surface area contributed by atoms with Crippen LogP contribution in [0.3, 0.4) is 0 Å². The molecule has 0 N–H and O–H groups in total. The molecule has 0 spiro atoms. The first kappa shape index (κ1) is 10.9. The second kappa shape index (κ2) is 5.52. The number of carbonyl (C=O) groups is 2. The molecule has 0 radical (unpaired) electrons. The predicted octanol–water partition coefficient (Wildman–Crippen LogP) is 1.47. The van der Waals surface area contributed by atoms with Gasteiger partial charge in [0.1, 0.15) is 0 Å². The van der Waals surface area contributed by atoms with Gasteiger partial charge in [-0.1, -0.05) is 5.57 Å². The zero-order valence-corrected chi connectivity index (χ0v) is 7.72. The van der Waals surface area contributed by atoms with Crippen LogP contribution in [0.5, 0.6) is 0 Å². The Hall–Kier alpha value is -1.12. The zero-order valence-electron chi connectivity index (χ0n) is 7.72. The number of ether oxygens (including phenoxy) is 1. The Balaban J connectivity index is 3.59. The fourth-order valence-electron chi connectivity index (χ4n) is 0.689. The molecule has 3 heteroatoms. The number of hydrogen-bond acceptors (Lipinski definition) is 3. The Morgan fingerprint density at radius 3 is 2.25 bits per heavy atom. The van der Waals surface area contributed by atoms with Gasteiger partial charge >= 0.3 is 5.97 Å². The van der Waals surface area contributed by atoms with Gasteiger partial charge in [0.05, 0.1) is 6.61 Å². The minimum atomic E-state index is -0.347. The van der Waals surface area contributed by atoms with Gasteiger partial charge in [0.25, 0.3) is 0 Å². The van der Waals surface area contributed by atoms with Crippen LogP contribution in [0.15, 0.2) is 11.6 Å². The van der Waals surface area contributed by atoms with Crippen molar-refractivity contribution >= 4 is 11.8 Å². The minimum absolute atomic E-state index is 0.00347. The van der Waals surface area contributed by atoms with Crippen molar-refractivity contribution in [2.24, 2.45) is 0 Å². The SMILES string of the molecule is CC(=O)OCCC(=O)C=C(C)C. The van der Waals surface area contributed by atoms with E-state index in [0.717, 1.165) is 5.57 Å². The van der Waals surface area contributed by atoms with Crippen LogP contribution in [0.2, 0.25) is 0 Å². The van der Waals surface area contributed by atoms with E-state index in [4.69, 9.17) is 0 Å². The van der Waals surface area contributed by atoms with E-state index >= 15 is 0 Å². The van der Waals surface area contributed by atoms with Crippen LogP contribution >= 0.6 is 0 Å². The van der Waals surface area contributed by atoms with E-state index in [1.54, 1.807) is 6.08 Å². The lowest BCUT2D eigenvalue weighted by Crippen LogP contribution is -2.05. The minimum Gasteiger partial charge on any atom is -0.465 e. The van der Waals surface area contributed by atoms with E-state index in [-0.39, 0.29) is 24.8 Å². The van der Waals surface area contributed by atoms with Gasteiger partial charge in [-0.2, -0.15) is 0 Å². The number of hydrogen-bond donors (Lipinski definition) is 0. The van der Waals surface area contributed by atoms with Crippen molar-refractivity contribution < 1.29 is 14.3 Å². The molecule has 0 aliphatic heterocycles. The third-order valence-electron chi connectivity index (χ3n) is 1.10. The van der Waals surface area contributed by atoms with Gasteiger partial charge in [0, 0.05) is 13.3 Å². The van der Waals surface area contributed by atoms with Crippen LogP contribution in [-0.4, -0.2) is 18.4 Å². The predicted molar refractivity (Wildman–Crippen MR) is 45.7 cm³/mol. The summed E-state index contributed by atoms with van der Waals surface area (Å²) in [5, 5.41) is 0. The summed E-state index contributed by atoms with van der Waals surface area (Å²) in [5.41, 5.74) is 0.961. The largest absolute Gasteiger partial charge is 0.465 e.